The quantitative estimate of drug-likeness (QED) is 0.437. The molecule has 0 fully saturated rings. The predicted octanol–water partition coefficient (Wildman–Crippen LogP) is 4.76. The third-order valence-corrected chi connectivity index (χ3v) is 4.10. The highest BCUT2D eigenvalue weighted by molar-refractivity contribution is 6.13. The van der Waals surface area contributed by atoms with Gasteiger partial charge in [-0.05, 0) is 29.8 Å². The van der Waals surface area contributed by atoms with Gasteiger partial charge in [0, 0.05) is 17.5 Å². The summed E-state index contributed by atoms with van der Waals surface area (Å²) < 4.78 is 5.72. The molecule has 0 aliphatic rings. The smallest absolute Gasteiger partial charge is 0.170 e. The molecule has 3 heteroatoms. The fraction of sp³-hybridized carbons (Fsp3) is 0.130. The molecule has 0 saturated heterocycles. The Bertz CT molecular complexity index is 853. The first-order valence-corrected chi connectivity index (χ1v) is 8.60. The van der Waals surface area contributed by atoms with Crippen LogP contribution in [0, 0.1) is 0 Å². The summed E-state index contributed by atoms with van der Waals surface area (Å²) in [4.78, 5) is 24.4. The Labute approximate surface area is 153 Å². The van der Waals surface area contributed by atoms with Crippen LogP contribution >= 0.6 is 0 Å². The molecule has 0 aliphatic heterocycles. The number of Topliss-reactive ketones (excluding diaryl/α,β-unsaturated/α-hetero) is 2. The summed E-state index contributed by atoms with van der Waals surface area (Å²) in [6.07, 6.45) is 0.700. The largest absolute Gasteiger partial charge is 0.493 e. The molecule has 0 N–H and O–H groups in total. The molecule has 0 bridgehead atoms. The highest BCUT2D eigenvalue weighted by Crippen LogP contribution is 2.15. The average Bonchev–Trinajstić information content (AvgIpc) is 2.70. The van der Waals surface area contributed by atoms with Crippen LogP contribution in [-0.2, 0) is 6.42 Å². The van der Waals surface area contributed by atoms with Crippen molar-refractivity contribution in [1.82, 2.24) is 0 Å². The zero-order valence-corrected chi connectivity index (χ0v) is 14.4. The van der Waals surface area contributed by atoms with E-state index >= 15 is 0 Å². The number of ketones is 2. The van der Waals surface area contributed by atoms with Gasteiger partial charge in [0.2, 0.25) is 0 Å². The Morgan fingerprint density at radius 1 is 0.654 bits per heavy atom. The molecule has 0 aromatic heterocycles. The van der Waals surface area contributed by atoms with E-state index in [9.17, 15) is 9.59 Å². The molecule has 3 rings (SSSR count). The van der Waals surface area contributed by atoms with Crippen LogP contribution in [0.4, 0.5) is 0 Å². The highest BCUT2D eigenvalue weighted by atomic mass is 16.5. The maximum atomic E-state index is 12.3. The van der Waals surface area contributed by atoms with Gasteiger partial charge >= 0.3 is 0 Å². The van der Waals surface area contributed by atoms with E-state index in [0.717, 1.165) is 6.42 Å². The van der Waals surface area contributed by atoms with Crippen LogP contribution in [-0.4, -0.2) is 18.2 Å². The Hall–Kier alpha value is -3.20. The first-order valence-electron chi connectivity index (χ1n) is 8.60. The molecule has 26 heavy (non-hydrogen) atoms. The minimum Gasteiger partial charge on any atom is -0.493 e. The van der Waals surface area contributed by atoms with E-state index in [4.69, 9.17) is 4.74 Å². The van der Waals surface area contributed by atoms with Crippen molar-refractivity contribution in [2.75, 3.05) is 6.61 Å². The normalized spacial score (nSPS) is 10.3. The molecule has 0 unspecified atom stereocenters. The Morgan fingerprint density at radius 3 is 1.81 bits per heavy atom. The van der Waals surface area contributed by atoms with Crippen molar-refractivity contribution in [3.63, 3.8) is 0 Å². The SMILES string of the molecule is O=C(CC(=O)c1ccc(OCCc2ccccc2)cc1)c1ccccc1. The number of hydrogen-bond donors (Lipinski definition) is 0. The average molecular weight is 344 g/mol. The second-order valence-corrected chi connectivity index (χ2v) is 6.00. The number of carbonyl (C=O) groups is 2. The number of carbonyl (C=O) groups excluding carboxylic acids is 2. The molecule has 0 spiro atoms. The van der Waals surface area contributed by atoms with Gasteiger partial charge in [-0.1, -0.05) is 60.7 Å². The van der Waals surface area contributed by atoms with Gasteiger partial charge in [0.15, 0.2) is 11.6 Å². The van der Waals surface area contributed by atoms with Crippen LogP contribution in [0.2, 0.25) is 0 Å². The number of ether oxygens (including phenoxy) is 1. The zero-order valence-electron chi connectivity index (χ0n) is 14.4. The van der Waals surface area contributed by atoms with Crippen molar-refractivity contribution in [1.29, 1.82) is 0 Å². The van der Waals surface area contributed by atoms with Crippen molar-refractivity contribution >= 4 is 11.6 Å². The van der Waals surface area contributed by atoms with E-state index in [1.165, 1.54) is 5.56 Å². The third-order valence-electron chi connectivity index (χ3n) is 4.10. The van der Waals surface area contributed by atoms with E-state index < -0.39 is 0 Å². The van der Waals surface area contributed by atoms with Gasteiger partial charge in [-0.2, -0.15) is 0 Å². The third kappa shape index (κ3) is 4.90. The zero-order chi connectivity index (χ0) is 18.2. The minimum absolute atomic E-state index is 0.127. The molecule has 0 heterocycles. The second kappa shape index (κ2) is 8.77. The van der Waals surface area contributed by atoms with Crippen LogP contribution in [0.5, 0.6) is 5.75 Å². The van der Waals surface area contributed by atoms with E-state index in [-0.39, 0.29) is 18.0 Å². The lowest BCUT2D eigenvalue weighted by Crippen LogP contribution is -2.08. The summed E-state index contributed by atoms with van der Waals surface area (Å²) in [5.41, 5.74) is 2.30. The summed E-state index contributed by atoms with van der Waals surface area (Å²) in [7, 11) is 0. The van der Waals surface area contributed by atoms with Crippen LogP contribution in [0.25, 0.3) is 0 Å². The first-order chi connectivity index (χ1) is 12.7. The maximum absolute atomic E-state index is 12.3. The first kappa shape index (κ1) is 17.6. The van der Waals surface area contributed by atoms with Gasteiger partial charge in [0.1, 0.15) is 5.75 Å². The molecule has 130 valence electrons. The van der Waals surface area contributed by atoms with E-state index in [2.05, 4.69) is 12.1 Å². The van der Waals surface area contributed by atoms with Crippen molar-refractivity contribution in [3.8, 4) is 5.75 Å². The lowest BCUT2D eigenvalue weighted by Gasteiger charge is -2.07. The molecular weight excluding hydrogens is 324 g/mol. The summed E-state index contributed by atoms with van der Waals surface area (Å²) in [6.45, 7) is 0.573. The maximum Gasteiger partial charge on any atom is 0.170 e. The van der Waals surface area contributed by atoms with Crippen LogP contribution < -0.4 is 4.74 Å². The molecule has 0 saturated carbocycles. The minimum atomic E-state index is -0.185. The van der Waals surface area contributed by atoms with Crippen molar-refractivity contribution in [2.45, 2.75) is 12.8 Å². The van der Waals surface area contributed by atoms with Crippen molar-refractivity contribution in [3.05, 3.63) is 102 Å². The Balaban J connectivity index is 1.52. The molecule has 0 radical (unpaired) electrons. The molecule has 3 nitrogen and oxygen atoms in total. The van der Waals surface area contributed by atoms with Gasteiger partial charge in [-0.25, -0.2) is 0 Å². The Morgan fingerprint density at radius 2 is 1.19 bits per heavy atom. The van der Waals surface area contributed by atoms with Crippen LogP contribution in [0.3, 0.4) is 0 Å². The number of rotatable bonds is 8. The molecule has 3 aromatic rings. The molecule has 0 aliphatic carbocycles. The van der Waals surface area contributed by atoms with E-state index in [1.807, 2.05) is 24.3 Å². The molecule has 3 aromatic carbocycles. The van der Waals surface area contributed by atoms with Crippen molar-refractivity contribution in [2.24, 2.45) is 0 Å². The molecule has 0 amide bonds. The summed E-state index contributed by atoms with van der Waals surface area (Å²) in [5, 5.41) is 0. The lowest BCUT2D eigenvalue weighted by molar-refractivity contribution is 0.0894. The monoisotopic (exact) mass is 344 g/mol. The predicted molar refractivity (Wildman–Crippen MR) is 102 cm³/mol. The van der Waals surface area contributed by atoms with Gasteiger partial charge < -0.3 is 4.74 Å². The lowest BCUT2D eigenvalue weighted by atomic mass is 10.0. The number of hydrogen-bond acceptors (Lipinski definition) is 3. The molecular formula is C23H20O3. The number of benzene rings is 3. The van der Waals surface area contributed by atoms with Crippen LogP contribution in [0.15, 0.2) is 84.9 Å². The van der Waals surface area contributed by atoms with Crippen molar-refractivity contribution < 1.29 is 14.3 Å². The van der Waals surface area contributed by atoms with Gasteiger partial charge in [-0.15, -0.1) is 0 Å². The highest BCUT2D eigenvalue weighted by Gasteiger charge is 2.13. The van der Waals surface area contributed by atoms with Gasteiger partial charge in [-0.3, -0.25) is 9.59 Å². The molecule has 0 atom stereocenters. The topological polar surface area (TPSA) is 43.4 Å². The van der Waals surface area contributed by atoms with E-state index in [1.54, 1.807) is 48.5 Å². The fourth-order valence-electron chi connectivity index (χ4n) is 2.64. The fourth-order valence-corrected chi connectivity index (χ4v) is 2.64. The van der Waals surface area contributed by atoms with E-state index in [0.29, 0.717) is 23.5 Å². The van der Waals surface area contributed by atoms with Gasteiger partial charge in [0.25, 0.3) is 0 Å². The second-order valence-electron chi connectivity index (χ2n) is 6.00. The standard InChI is InChI=1S/C23H20O3/c24-22(19-9-5-2-6-10-19)17-23(25)20-11-13-21(14-12-20)26-16-15-18-7-3-1-4-8-18/h1-14H,15-17H2. The summed E-state index contributed by atoms with van der Waals surface area (Å²) >= 11 is 0. The van der Waals surface area contributed by atoms with Gasteiger partial charge in [0.05, 0.1) is 13.0 Å². The van der Waals surface area contributed by atoms with Crippen LogP contribution in [0.1, 0.15) is 32.7 Å². The summed E-state index contributed by atoms with van der Waals surface area (Å²) in [6, 6.07) is 25.9. The summed E-state index contributed by atoms with van der Waals surface area (Å²) in [5.74, 6) is 0.361. The Kier molecular flexibility index (Phi) is 5.94.